The van der Waals surface area contributed by atoms with Crippen molar-refractivity contribution in [3.63, 3.8) is 0 Å². The predicted octanol–water partition coefficient (Wildman–Crippen LogP) is 1.65. The van der Waals surface area contributed by atoms with Crippen molar-refractivity contribution < 1.29 is 14.2 Å². The molecule has 0 aromatic heterocycles. The second-order valence-corrected chi connectivity index (χ2v) is 4.39. The molecular formula is H6BrClP2Rh. The van der Waals surface area contributed by atoms with Crippen LogP contribution in [0.1, 0.15) is 0 Å². The summed E-state index contributed by atoms with van der Waals surface area (Å²) in [6.07, 6.45) is 0. The topological polar surface area (TPSA) is 0 Å². The third-order valence-electron chi connectivity index (χ3n) is 0. The van der Waals surface area contributed by atoms with Crippen molar-refractivity contribution in [2.24, 2.45) is 0 Å². The average molecular weight is 286 g/mol. The van der Waals surface area contributed by atoms with Gasteiger partial charge in [-0.2, -0.15) is 19.8 Å². The van der Waals surface area contributed by atoms with Crippen LogP contribution in [0.5, 0.6) is 0 Å². The third kappa shape index (κ3) is 22.3. The van der Waals surface area contributed by atoms with Crippen molar-refractivity contribution >= 4 is 43.1 Å². The molecule has 0 fully saturated rings. The maximum absolute atomic E-state index is 4.99. The van der Waals surface area contributed by atoms with Crippen LogP contribution < -0.4 is 0 Å². The van der Waals surface area contributed by atoms with E-state index in [9.17, 15) is 0 Å². The fourth-order valence-electron chi connectivity index (χ4n) is 0. The number of rotatable bonds is 0. The summed E-state index contributed by atoms with van der Waals surface area (Å²) >= 11 is 3.10. The van der Waals surface area contributed by atoms with Crippen LogP contribution in [-0.4, -0.2) is 0 Å². The molecule has 5 heavy (non-hydrogen) atoms. The zero-order valence-corrected chi connectivity index (χ0v) is 9.31. The van der Waals surface area contributed by atoms with Crippen molar-refractivity contribution in [3.8, 4) is 0 Å². The molecular weight excluding hydrogens is 280 g/mol. The van der Waals surface area contributed by atoms with Crippen LogP contribution in [0, 0.1) is 0 Å². The summed E-state index contributed by atoms with van der Waals surface area (Å²) in [4.78, 5) is 0. The SMILES string of the molecule is P.P.[Cl][Rh][Br]. The van der Waals surface area contributed by atoms with E-state index in [1.54, 1.807) is 0 Å². The van der Waals surface area contributed by atoms with Gasteiger partial charge in [0.15, 0.2) is 0 Å². The maximum atomic E-state index is 4.99. The first-order chi connectivity index (χ1) is 1.41. The van der Waals surface area contributed by atoms with Crippen LogP contribution in [0.15, 0.2) is 0 Å². The molecule has 0 amide bonds. The van der Waals surface area contributed by atoms with Crippen molar-refractivity contribution in [1.82, 2.24) is 0 Å². The van der Waals surface area contributed by atoms with Crippen molar-refractivity contribution in [3.05, 3.63) is 0 Å². The Labute approximate surface area is 57.0 Å². The van der Waals surface area contributed by atoms with Gasteiger partial charge in [0.05, 0.1) is 0 Å². The van der Waals surface area contributed by atoms with Gasteiger partial charge in [-0.3, -0.25) is 0 Å². The van der Waals surface area contributed by atoms with E-state index < -0.39 is 0 Å². The van der Waals surface area contributed by atoms with Crippen LogP contribution in [0.4, 0.5) is 0 Å². The molecule has 0 N–H and O–H groups in total. The minimum absolute atomic E-state index is 0. The first kappa shape index (κ1) is 15.7. The second kappa shape index (κ2) is 16.3. The Kier molecular flexibility index (Phi) is 51.1. The Bertz CT molecular complexity index is 9.61. The number of halogens is 2. The molecule has 39 valence electrons. The molecule has 0 saturated heterocycles. The van der Waals surface area contributed by atoms with Crippen LogP contribution in [0.3, 0.4) is 0 Å². The van der Waals surface area contributed by atoms with E-state index in [1.807, 2.05) is 0 Å². The molecule has 0 aliphatic rings. The first-order valence-electron chi connectivity index (χ1n) is 0.252. The van der Waals surface area contributed by atoms with Gasteiger partial charge >= 0.3 is 37.5 Å². The van der Waals surface area contributed by atoms with Gasteiger partial charge in [0, 0.05) is 0 Å². The fraction of sp³-hybridized carbons (Fsp3) is 0. The van der Waals surface area contributed by atoms with Gasteiger partial charge in [0.2, 0.25) is 0 Å². The number of hydrogen-bond acceptors (Lipinski definition) is 0. The molecule has 0 rings (SSSR count). The summed E-state index contributed by atoms with van der Waals surface area (Å²) in [6.45, 7) is 0. The van der Waals surface area contributed by atoms with Gasteiger partial charge in [-0.15, -0.1) is 0 Å². The molecule has 0 saturated carbocycles. The van der Waals surface area contributed by atoms with E-state index in [-0.39, 0.29) is 34.0 Å². The predicted molar refractivity (Wildman–Crippen MR) is 37.0 cm³/mol. The average Bonchev–Trinajstić information content (AvgIpc) is 0.918. The second-order valence-electron chi connectivity index (χ2n) is 0.0476. The van der Waals surface area contributed by atoms with Gasteiger partial charge in [-0.25, -0.2) is 0 Å². The first-order valence-corrected chi connectivity index (χ1v) is 6.11. The molecule has 0 bridgehead atoms. The minimum atomic E-state index is 0. The summed E-state index contributed by atoms with van der Waals surface area (Å²) < 4.78 is 0. The molecule has 5 heteroatoms. The van der Waals surface area contributed by atoms with E-state index in [0.717, 1.165) is 0 Å². The van der Waals surface area contributed by atoms with Gasteiger partial charge < -0.3 is 0 Å². The van der Waals surface area contributed by atoms with Crippen molar-refractivity contribution in [2.75, 3.05) is 0 Å². The summed E-state index contributed by atoms with van der Waals surface area (Å²) in [6, 6.07) is 0. The quantitative estimate of drug-likeness (QED) is 0.469. The standard InChI is InChI=1S/BrH.ClH.2H3P.Rh/h2*1H;2*1H3;/q;;;;+2/p-2. The van der Waals surface area contributed by atoms with Gasteiger partial charge in [-0.05, 0) is 0 Å². The molecule has 0 spiro atoms. The molecule has 0 nitrogen and oxygen atoms in total. The van der Waals surface area contributed by atoms with Crippen LogP contribution in [-0.2, 0) is 14.2 Å². The van der Waals surface area contributed by atoms with Gasteiger partial charge in [0.1, 0.15) is 0 Å². The van der Waals surface area contributed by atoms with Crippen LogP contribution in [0.25, 0.3) is 0 Å². The van der Waals surface area contributed by atoms with E-state index in [4.69, 9.17) is 9.69 Å². The Balaban J connectivity index is -0.0000000200. The molecule has 2 atom stereocenters. The van der Waals surface area contributed by atoms with E-state index in [1.165, 1.54) is 0 Å². The van der Waals surface area contributed by atoms with E-state index in [0.29, 0.717) is 0 Å². The molecule has 0 heterocycles. The zero-order valence-electron chi connectivity index (χ0n) is 2.50. The molecule has 0 aliphatic heterocycles. The summed E-state index contributed by atoms with van der Waals surface area (Å²) in [5.41, 5.74) is 0. The molecule has 0 radical (unpaired) electrons. The Hall–Kier alpha value is 2.25. The molecule has 2 unspecified atom stereocenters. The monoisotopic (exact) mass is 285 g/mol. The van der Waals surface area contributed by atoms with Gasteiger partial charge in [-0.1, -0.05) is 0 Å². The Morgan fingerprint density at radius 2 is 1.40 bits per heavy atom. The Morgan fingerprint density at radius 3 is 1.40 bits per heavy atom. The zero-order chi connectivity index (χ0) is 2.71. The van der Waals surface area contributed by atoms with Crippen LogP contribution in [0.2, 0.25) is 0 Å². The van der Waals surface area contributed by atoms with E-state index in [2.05, 4.69) is 13.6 Å². The summed E-state index contributed by atoms with van der Waals surface area (Å²) in [5, 5.41) is 0. The molecule has 0 aromatic rings. The van der Waals surface area contributed by atoms with Crippen LogP contribution >= 0.6 is 43.1 Å². The summed E-state index contributed by atoms with van der Waals surface area (Å²) in [7, 11) is 4.99. The number of hydrogen-bond donors (Lipinski definition) is 0. The van der Waals surface area contributed by atoms with Crippen molar-refractivity contribution in [2.45, 2.75) is 0 Å². The summed E-state index contributed by atoms with van der Waals surface area (Å²) in [5.74, 6) is 0. The Morgan fingerprint density at radius 1 is 1.40 bits per heavy atom. The normalized spacial score (nSPS) is 4.40. The van der Waals surface area contributed by atoms with E-state index >= 15 is 0 Å². The van der Waals surface area contributed by atoms with Crippen molar-refractivity contribution in [1.29, 1.82) is 0 Å². The third-order valence-corrected chi connectivity index (χ3v) is 0. The van der Waals surface area contributed by atoms with Gasteiger partial charge in [0.25, 0.3) is 0 Å². The molecule has 0 aliphatic carbocycles. The molecule has 0 aromatic carbocycles. The fourth-order valence-corrected chi connectivity index (χ4v) is 0.